The minimum absolute atomic E-state index is 0.0204. The van der Waals surface area contributed by atoms with Gasteiger partial charge in [-0.15, -0.1) is 0 Å². The molecule has 3 aromatic rings. The van der Waals surface area contributed by atoms with Gasteiger partial charge in [-0.1, -0.05) is 42.5 Å². The zero-order chi connectivity index (χ0) is 21.8. The van der Waals surface area contributed by atoms with Gasteiger partial charge in [0.1, 0.15) is 12.7 Å². The van der Waals surface area contributed by atoms with Gasteiger partial charge in [-0.05, 0) is 86.0 Å². The lowest BCUT2D eigenvalue weighted by atomic mass is 9.42. The number of carbonyl (C=O) groups excluding carboxylic acids is 1. The Labute approximate surface area is 189 Å². The van der Waals surface area contributed by atoms with Crippen molar-refractivity contribution < 1.29 is 4.79 Å². The van der Waals surface area contributed by atoms with E-state index in [1.165, 1.54) is 31.2 Å². The second kappa shape index (κ2) is 7.29. The molecule has 1 aromatic heterocycles. The van der Waals surface area contributed by atoms with Crippen LogP contribution in [-0.4, -0.2) is 20.7 Å². The molecule has 164 valence electrons. The molecule has 0 radical (unpaired) electrons. The third-order valence-corrected chi connectivity index (χ3v) is 8.35. The van der Waals surface area contributed by atoms with Crippen molar-refractivity contribution in [3.63, 3.8) is 0 Å². The Hall–Kier alpha value is -2.95. The van der Waals surface area contributed by atoms with Crippen LogP contribution >= 0.6 is 0 Å². The van der Waals surface area contributed by atoms with E-state index in [9.17, 15) is 4.79 Å². The van der Waals surface area contributed by atoms with Gasteiger partial charge in [0.05, 0.1) is 17.1 Å². The molecule has 32 heavy (non-hydrogen) atoms. The quantitative estimate of drug-likeness (QED) is 0.626. The molecule has 4 bridgehead atoms. The highest BCUT2D eigenvalue weighted by atomic mass is 16.2. The van der Waals surface area contributed by atoms with E-state index in [2.05, 4.69) is 64.8 Å². The number of aromatic nitrogens is 3. The van der Waals surface area contributed by atoms with Gasteiger partial charge in [-0.3, -0.25) is 4.79 Å². The van der Waals surface area contributed by atoms with Gasteiger partial charge in [-0.2, -0.15) is 5.10 Å². The molecule has 4 aliphatic carbocycles. The predicted molar refractivity (Wildman–Crippen MR) is 123 cm³/mol. The summed E-state index contributed by atoms with van der Waals surface area (Å²) >= 11 is 0. The monoisotopic (exact) mass is 426 g/mol. The second-order valence-corrected chi connectivity index (χ2v) is 10.5. The van der Waals surface area contributed by atoms with E-state index >= 15 is 0 Å². The maximum absolute atomic E-state index is 13.8. The van der Waals surface area contributed by atoms with Crippen LogP contribution in [0.3, 0.4) is 0 Å². The first kappa shape index (κ1) is 19.7. The lowest BCUT2D eigenvalue weighted by Gasteiger charge is -2.61. The van der Waals surface area contributed by atoms with Crippen LogP contribution in [0.1, 0.15) is 62.6 Å². The fourth-order valence-electron chi connectivity index (χ4n) is 7.35. The summed E-state index contributed by atoms with van der Waals surface area (Å²) < 4.78 is 1.74. The molecular weight excluding hydrogens is 396 g/mol. The number of nitrogens with zero attached hydrogens (tertiary/aromatic N) is 3. The third-order valence-electron chi connectivity index (χ3n) is 8.35. The molecule has 1 heterocycles. The SMILES string of the molecule is C[C@@H](NC(=O)C12C[C@H]3C[C@@H](C1)CC(c1ccccc1)(C3)C2)c1ccc(-n2cncn2)cc1. The molecule has 5 atom stereocenters. The van der Waals surface area contributed by atoms with Gasteiger partial charge >= 0.3 is 0 Å². The molecule has 7 rings (SSSR count). The Morgan fingerprint density at radius 3 is 2.41 bits per heavy atom. The second-order valence-electron chi connectivity index (χ2n) is 10.5. The van der Waals surface area contributed by atoms with Gasteiger partial charge in [0.2, 0.25) is 5.91 Å². The summed E-state index contributed by atoms with van der Waals surface area (Å²) in [5.41, 5.74) is 3.50. The van der Waals surface area contributed by atoms with Crippen LogP contribution in [0.2, 0.25) is 0 Å². The summed E-state index contributed by atoms with van der Waals surface area (Å²) in [5.74, 6) is 1.62. The molecule has 4 aliphatic rings. The van der Waals surface area contributed by atoms with Gasteiger partial charge in [0.25, 0.3) is 0 Å². The minimum Gasteiger partial charge on any atom is -0.349 e. The molecule has 2 aromatic carbocycles. The first-order valence-electron chi connectivity index (χ1n) is 11.9. The van der Waals surface area contributed by atoms with Crippen molar-refractivity contribution in [3.8, 4) is 5.69 Å². The van der Waals surface area contributed by atoms with Crippen LogP contribution in [0.15, 0.2) is 67.3 Å². The molecule has 2 unspecified atom stereocenters. The maximum atomic E-state index is 13.8. The Bertz CT molecular complexity index is 1090. The molecule has 1 N–H and O–H groups in total. The largest absolute Gasteiger partial charge is 0.349 e. The highest BCUT2D eigenvalue weighted by Gasteiger charge is 2.60. The summed E-state index contributed by atoms with van der Waals surface area (Å²) in [5, 5.41) is 7.59. The first-order valence-corrected chi connectivity index (χ1v) is 11.9. The molecule has 4 saturated carbocycles. The van der Waals surface area contributed by atoms with Crippen LogP contribution in [0.4, 0.5) is 0 Å². The lowest BCUT2D eigenvalue weighted by Crippen LogP contribution is -2.59. The van der Waals surface area contributed by atoms with Crippen molar-refractivity contribution >= 4 is 5.91 Å². The number of benzene rings is 2. The van der Waals surface area contributed by atoms with E-state index in [-0.39, 0.29) is 22.8 Å². The fourth-order valence-corrected chi connectivity index (χ4v) is 7.35. The van der Waals surface area contributed by atoms with E-state index in [0.29, 0.717) is 11.8 Å². The van der Waals surface area contributed by atoms with Gasteiger partial charge < -0.3 is 5.32 Å². The minimum atomic E-state index is -0.213. The van der Waals surface area contributed by atoms with Crippen LogP contribution in [0.25, 0.3) is 5.69 Å². The maximum Gasteiger partial charge on any atom is 0.226 e. The standard InChI is InChI=1S/C27H30N4O/c1-19(22-7-9-24(10-8-22)31-18-28-17-29-31)30-25(32)27-14-20-11-21(15-27)13-26(12-20,16-27)23-5-3-2-4-6-23/h2-10,17-21H,11-16H2,1H3,(H,30,32)/t19-,20-,21+,26?,27?/m1/s1. The molecule has 4 fully saturated rings. The Morgan fingerprint density at radius 2 is 1.75 bits per heavy atom. The molecule has 1 amide bonds. The van der Waals surface area contributed by atoms with Crippen molar-refractivity contribution in [1.82, 2.24) is 20.1 Å². The molecule has 5 nitrogen and oxygen atoms in total. The number of carbonyl (C=O) groups is 1. The van der Waals surface area contributed by atoms with E-state index in [1.54, 1.807) is 11.0 Å². The zero-order valence-electron chi connectivity index (χ0n) is 18.6. The number of amides is 1. The predicted octanol–water partition coefficient (Wildman–Crippen LogP) is 4.98. The average molecular weight is 427 g/mol. The van der Waals surface area contributed by atoms with E-state index in [0.717, 1.165) is 30.5 Å². The van der Waals surface area contributed by atoms with E-state index < -0.39 is 0 Å². The van der Waals surface area contributed by atoms with Crippen molar-refractivity contribution in [2.24, 2.45) is 17.3 Å². The smallest absolute Gasteiger partial charge is 0.226 e. The number of hydrogen-bond acceptors (Lipinski definition) is 3. The summed E-state index contributed by atoms with van der Waals surface area (Å²) in [6.07, 6.45) is 10.2. The molecule has 5 heteroatoms. The number of rotatable bonds is 5. The topological polar surface area (TPSA) is 59.8 Å². The normalized spacial score (nSPS) is 31.4. The third kappa shape index (κ3) is 3.17. The average Bonchev–Trinajstić information content (AvgIpc) is 3.34. The van der Waals surface area contributed by atoms with E-state index in [1.807, 2.05) is 12.1 Å². The fraction of sp³-hybridized carbons (Fsp3) is 0.444. The zero-order valence-corrected chi connectivity index (χ0v) is 18.6. The number of hydrogen-bond donors (Lipinski definition) is 1. The van der Waals surface area contributed by atoms with Crippen LogP contribution in [0, 0.1) is 17.3 Å². The van der Waals surface area contributed by atoms with Gasteiger partial charge in [-0.25, -0.2) is 9.67 Å². The summed E-state index contributed by atoms with van der Waals surface area (Å²) in [4.78, 5) is 17.8. The summed E-state index contributed by atoms with van der Waals surface area (Å²) in [7, 11) is 0. The van der Waals surface area contributed by atoms with Gasteiger partial charge in [0, 0.05) is 0 Å². The molecule has 0 spiro atoms. The highest BCUT2D eigenvalue weighted by molar-refractivity contribution is 5.84. The van der Waals surface area contributed by atoms with Crippen molar-refractivity contribution in [1.29, 1.82) is 0 Å². The molecular formula is C27H30N4O. The highest BCUT2D eigenvalue weighted by Crippen LogP contribution is 2.65. The summed E-state index contributed by atoms with van der Waals surface area (Å²) in [6, 6.07) is 19.2. The summed E-state index contributed by atoms with van der Waals surface area (Å²) in [6.45, 7) is 2.09. The van der Waals surface area contributed by atoms with Crippen molar-refractivity contribution in [2.75, 3.05) is 0 Å². The lowest BCUT2D eigenvalue weighted by molar-refractivity contribution is -0.149. The Balaban J connectivity index is 1.22. The Morgan fingerprint density at radius 1 is 1.03 bits per heavy atom. The van der Waals surface area contributed by atoms with Crippen LogP contribution in [-0.2, 0) is 10.2 Å². The molecule has 0 saturated heterocycles. The van der Waals surface area contributed by atoms with Crippen molar-refractivity contribution in [2.45, 2.75) is 56.9 Å². The number of nitrogens with one attached hydrogen (secondary N) is 1. The van der Waals surface area contributed by atoms with E-state index in [4.69, 9.17) is 0 Å². The van der Waals surface area contributed by atoms with Crippen LogP contribution in [0.5, 0.6) is 0 Å². The molecule has 0 aliphatic heterocycles. The van der Waals surface area contributed by atoms with Crippen LogP contribution < -0.4 is 5.32 Å². The Kier molecular flexibility index (Phi) is 4.49. The van der Waals surface area contributed by atoms with Crippen molar-refractivity contribution in [3.05, 3.63) is 78.4 Å². The van der Waals surface area contributed by atoms with Gasteiger partial charge in [0.15, 0.2) is 0 Å². The first-order chi connectivity index (χ1) is 15.6.